The highest BCUT2D eigenvalue weighted by molar-refractivity contribution is 7.71. The summed E-state index contributed by atoms with van der Waals surface area (Å²) in [5.74, 6) is 2.22. The molecule has 27 heavy (non-hydrogen) atoms. The van der Waals surface area contributed by atoms with Crippen LogP contribution in [0.2, 0.25) is 0 Å². The van der Waals surface area contributed by atoms with Crippen LogP contribution in [-0.4, -0.2) is 42.4 Å². The van der Waals surface area contributed by atoms with Gasteiger partial charge in [-0.1, -0.05) is 29.8 Å². The Labute approximate surface area is 162 Å². The molecule has 0 atom stereocenters. The Balaban J connectivity index is 2.04. The number of aromatic amines is 1. The van der Waals surface area contributed by atoms with Gasteiger partial charge in [0.1, 0.15) is 0 Å². The van der Waals surface area contributed by atoms with Crippen molar-refractivity contribution in [2.45, 2.75) is 6.92 Å². The molecule has 0 spiro atoms. The third-order valence-corrected chi connectivity index (χ3v) is 4.27. The van der Waals surface area contributed by atoms with E-state index in [-0.39, 0.29) is 0 Å². The van der Waals surface area contributed by atoms with Gasteiger partial charge in [0, 0.05) is 11.1 Å². The first-order valence-electron chi connectivity index (χ1n) is 8.16. The Bertz CT molecular complexity index is 1020. The van der Waals surface area contributed by atoms with Gasteiger partial charge >= 0.3 is 0 Å². The van der Waals surface area contributed by atoms with Crippen LogP contribution in [0.4, 0.5) is 0 Å². The van der Waals surface area contributed by atoms with Gasteiger partial charge in [0.2, 0.25) is 10.5 Å². The number of nitrogens with zero attached hydrogens (tertiary/aromatic N) is 3. The third kappa shape index (κ3) is 3.70. The second-order valence-electron chi connectivity index (χ2n) is 5.70. The Hall–Kier alpha value is -3.13. The molecule has 3 aromatic rings. The molecule has 3 rings (SSSR count). The summed E-state index contributed by atoms with van der Waals surface area (Å²) in [4.78, 5) is 0. The Kier molecular flexibility index (Phi) is 5.56. The van der Waals surface area contributed by atoms with Gasteiger partial charge in [0.05, 0.1) is 27.5 Å². The molecule has 1 heterocycles. The molecule has 1 N–H and O–H groups in total. The van der Waals surface area contributed by atoms with Crippen molar-refractivity contribution >= 4 is 18.4 Å². The van der Waals surface area contributed by atoms with E-state index in [1.807, 2.05) is 37.3 Å². The average Bonchev–Trinajstić information content (AvgIpc) is 3.06. The summed E-state index contributed by atoms with van der Waals surface area (Å²) in [6.45, 7) is 2.03. The van der Waals surface area contributed by atoms with Crippen molar-refractivity contribution in [3.8, 4) is 28.6 Å². The Morgan fingerprint density at radius 2 is 1.70 bits per heavy atom. The van der Waals surface area contributed by atoms with Crippen LogP contribution in [0, 0.1) is 11.7 Å². The number of nitrogens with one attached hydrogen (secondary N) is 1. The van der Waals surface area contributed by atoms with Gasteiger partial charge < -0.3 is 14.2 Å². The van der Waals surface area contributed by atoms with Gasteiger partial charge in [0.15, 0.2) is 17.3 Å². The summed E-state index contributed by atoms with van der Waals surface area (Å²) in [5.41, 5.74) is 2.79. The molecule has 8 heteroatoms. The molecule has 0 aliphatic carbocycles. The highest BCUT2D eigenvalue weighted by Gasteiger charge is 2.15. The highest BCUT2D eigenvalue weighted by atomic mass is 32.1. The lowest BCUT2D eigenvalue weighted by atomic mass is 10.1. The normalized spacial score (nSPS) is 11.0. The number of H-pyrrole nitrogens is 1. The maximum atomic E-state index is 5.48. The number of benzene rings is 2. The average molecular weight is 384 g/mol. The van der Waals surface area contributed by atoms with E-state index in [0.717, 1.165) is 11.1 Å². The summed E-state index contributed by atoms with van der Waals surface area (Å²) < 4.78 is 18.1. The number of ether oxygens (including phenoxy) is 3. The summed E-state index contributed by atoms with van der Waals surface area (Å²) in [6, 6.07) is 11.6. The number of rotatable bonds is 6. The fourth-order valence-electron chi connectivity index (χ4n) is 2.63. The minimum Gasteiger partial charge on any atom is -0.493 e. The lowest BCUT2D eigenvalue weighted by molar-refractivity contribution is 0.324. The smallest absolute Gasteiger partial charge is 0.216 e. The van der Waals surface area contributed by atoms with Crippen LogP contribution < -0.4 is 14.2 Å². The lowest BCUT2D eigenvalue weighted by Gasteiger charge is -2.13. The molecule has 0 aliphatic rings. The van der Waals surface area contributed by atoms with Crippen LogP contribution >= 0.6 is 12.2 Å². The zero-order chi connectivity index (χ0) is 19.4. The standard InChI is InChI=1S/C19H20N4O3S/c1-12-5-7-13(8-6-12)18-21-22-19(27)23(18)20-11-14-9-10-15(24-2)17(26-4)16(14)25-3/h5-11H,1-4H3,(H,22,27). The molecule has 0 saturated carbocycles. The van der Waals surface area contributed by atoms with E-state index in [2.05, 4.69) is 15.3 Å². The van der Waals surface area contributed by atoms with Gasteiger partial charge in [0.25, 0.3) is 0 Å². The molecule has 2 aromatic carbocycles. The molecule has 0 aliphatic heterocycles. The Morgan fingerprint density at radius 3 is 2.33 bits per heavy atom. The van der Waals surface area contributed by atoms with E-state index in [1.165, 1.54) is 0 Å². The zero-order valence-electron chi connectivity index (χ0n) is 15.5. The fourth-order valence-corrected chi connectivity index (χ4v) is 2.81. The van der Waals surface area contributed by atoms with Crippen molar-refractivity contribution in [3.05, 3.63) is 52.3 Å². The second kappa shape index (κ2) is 8.05. The molecule has 0 amide bonds. The first-order chi connectivity index (χ1) is 13.1. The number of aryl methyl sites for hydroxylation is 1. The second-order valence-corrected chi connectivity index (χ2v) is 6.09. The van der Waals surface area contributed by atoms with Gasteiger partial charge in [-0.3, -0.25) is 0 Å². The number of methoxy groups -OCH3 is 3. The molecular weight excluding hydrogens is 364 g/mol. The minimum atomic E-state index is 0.390. The van der Waals surface area contributed by atoms with Crippen molar-refractivity contribution in [1.82, 2.24) is 14.9 Å². The maximum absolute atomic E-state index is 5.48. The van der Waals surface area contributed by atoms with Crippen LogP contribution in [0.3, 0.4) is 0 Å². The van der Waals surface area contributed by atoms with Gasteiger partial charge in [-0.15, -0.1) is 0 Å². The van der Waals surface area contributed by atoms with Crippen LogP contribution in [-0.2, 0) is 0 Å². The number of aromatic nitrogens is 3. The van der Waals surface area contributed by atoms with E-state index in [4.69, 9.17) is 26.4 Å². The van der Waals surface area contributed by atoms with Crippen LogP contribution in [0.5, 0.6) is 17.2 Å². The van der Waals surface area contributed by atoms with Gasteiger partial charge in [-0.05, 0) is 31.3 Å². The molecule has 0 radical (unpaired) electrons. The molecular formula is C19H20N4O3S. The first-order valence-corrected chi connectivity index (χ1v) is 8.57. The van der Waals surface area contributed by atoms with Crippen LogP contribution in [0.25, 0.3) is 11.4 Å². The van der Waals surface area contributed by atoms with Crippen LogP contribution in [0.15, 0.2) is 41.5 Å². The summed E-state index contributed by atoms with van der Waals surface area (Å²) in [7, 11) is 4.70. The fraction of sp³-hybridized carbons (Fsp3) is 0.211. The number of hydrogen-bond donors (Lipinski definition) is 1. The van der Waals surface area contributed by atoms with Crippen molar-refractivity contribution in [3.63, 3.8) is 0 Å². The maximum Gasteiger partial charge on any atom is 0.216 e. The third-order valence-electron chi connectivity index (χ3n) is 4.01. The molecule has 0 saturated heterocycles. The topological polar surface area (TPSA) is 73.7 Å². The molecule has 0 bridgehead atoms. The predicted molar refractivity (Wildman–Crippen MR) is 107 cm³/mol. The largest absolute Gasteiger partial charge is 0.493 e. The summed E-state index contributed by atoms with van der Waals surface area (Å²) in [6.07, 6.45) is 1.64. The monoisotopic (exact) mass is 384 g/mol. The van der Waals surface area contributed by atoms with Gasteiger partial charge in [-0.25, -0.2) is 5.10 Å². The van der Waals surface area contributed by atoms with Crippen molar-refractivity contribution in [2.24, 2.45) is 5.10 Å². The first kappa shape index (κ1) is 18.7. The molecule has 140 valence electrons. The van der Waals surface area contributed by atoms with Crippen molar-refractivity contribution in [1.29, 1.82) is 0 Å². The minimum absolute atomic E-state index is 0.390. The quantitative estimate of drug-likeness (QED) is 0.517. The van der Waals surface area contributed by atoms with Crippen LogP contribution in [0.1, 0.15) is 11.1 Å². The van der Waals surface area contributed by atoms with Crippen molar-refractivity contribution < 1.29 is 14.2 Å². The summed E-state index contributed by atoms with van der Waals surface area (Å²) >= 11 is 5.32. The van der Waals surface area contributed by atoms with E-state index in [0.29, 0.717) is 33.4 Å². The van der Waals surface area contributed by atoms with E-state index in [9.17, 15) is 0 Å². The van der Waals surface area contributed by atoms with Gasteiger partial charge in [-0.2, -0.15) is 14.9 Å². The molecule has 1 aromatic heterocycles. The Morgan fingerprint density at radius 1 is 1.00 bits per heavy atom. The van der Waals surface area contributed by atoms with Crippen molar-refractivity contribution in [2.75, 3.05) is 21.3 Å². The molecule has 0 fully saturated rings. The van der Waals surface area contributed by atoms with E-state index >= 15 is 0 Å². The predicted octanol–water partition coefficient (Wildman–Crippen LogP) is 3.82. The zero-order valence-corrected chi connectivity index (χ0v) is 16.3. The lowest BCUT2D eigenvalue weighted by Crippen LogP contribution is -2.00. The SMILES string of the molecule is COc1ccc(C=Nn2c(-c3ccc(C)cc3)n[nH]c2=S)c(OC)c1OC. The highest BCUT2D eigenvalue weighted by Crippen LogP contribution is 2.39. The molecule has 7 nitrogen and oxygen atoms in total. The molecule has 0 unspecified atom stereocenters. The summed E-state index contributed by atoms with van der Waals surface area (Å²) in [5, 5.41) is 11.6. The number of hydrogen-bond acceptors (Lipinski definition) is 6. The van der Waals surface area contributed by atoms with E-state index < -0.39 is 0 Å². The van der Waals surface area contributed by atoms with E-state index in [1.54, 1.807) is 38.3 Å².